The molecule has 0 saturated carbocycles. The Kier molecular flexibility index (Phi) is 9.64. The second-order valence-electron chi connectivity index (χ2n) is 9.82. The van der Waals surface area contributed by atoms with E-state index in [2.05, 4.69) is 24.5 Å². The van der Waals surface area contributed by atoms with E-state index in [-0.39, 0.29) is 23.8 Å². The fraction of sp³-hybridized carbons (Fsp3) is 0.640. The van der Waals surface area contributed by atoms with E-state index in [9.17, 15) is 14.4 Å². The van der Waals surface area contributed by atoms with Gasteiger partial charge in [0.15, 0.2) is 0 Å². The average molecular weight is 479 g/mol. The molecule has 1 fully saturated rings. The molecule has 0 bridgehead atoms. The molecule has 2 N–H and O–H groups in total. The van der Waals surface area contributed by atoms with Crippen molar-refractivity contribution < 1.29 is 23.9 Å². The van der Waals surface area contributed by atoms with E-state index in [0.717, 1.165) is 12.0 Å². The number of rotatable bonds is 10. The quantitative estimate of drug-likeness (QED) is 0.492. The second kappa shape index (κ2) is 11.8. The van der Waals surface area contributed by atoms with Crippen LogP contribution in [0.4, 0.5) is 4.79 Å². The maximum atomic E-state index is 13.4. The van der Waals surface area contributed by atoms with Gasteiger partial charge in [0.2, 0.25) is 5.91 Å². The number of benzene rings is 1. The molecule has 2 amide bonds. The summed E-state index contributed by atoms with van der Waals surface area (Å²) in [6.07, 6.45) is 1.38. The van der Waals surface area contributed by atoms with Gasteiger partial charge in [0, 0.05) is 18.2 Å². The SMILES string of the molecule is CC[C@H](C)C(CSC(C)(Cc1ccccc1)C(=O)N[C@H]1CCOC1=O)NC(=O)OC(C)(C)C. The fourth-order valence-corrected chi connectivity index (χ4v) is 4.90. The molecule has 0 radical (unpaired) electrons. The third-order valence-electron chi connectivity index (χ3n) is 5.72. The lowest BCUT2D eigenvalue weighted by atomic mass is 9.98. The van der Waals surface area contributed by atoms with Crippen LogP contribution in [0.1, 0.15) is 59.9 Å². The number of thioether (sulfide) groups is 1. The van der Waals surface area contributed by atoms with E-state index in [4.69, 9.17) is 9.47 Å². The number of esters is 1. The molecule has 1 aromatic rings. The van der Waals surface area contributed by atoms with Crippen LogP contribution in [0.15, 0.2) is 30.3 Å². The minimum Gasteiger partial charge on any atom is -0.464 e. The summed E-state index contributed by atoms with van der Waals surface area (Å²) in [5.74, 6) is 0.124. The zero-order chi connectivity index (χ0) is 24.6. The van der Waals surface area contributed by atoms with E-state index >= 15 is 0 Å². The summed E-state index contributed by atoms with van der Waals surface area (Å²) in [7, 11) is 0. The number of alkyl carbamates (subject to hydrolysis) is 1. The molecule has 0 spiro atoms. The zero-order valence-corrected chi connectivity index (χ0v) is 21.4. The summed E-state index contributed by atoms with van der Waals surface area (Å²) in [5, 5.41) is 5.87. The molecule has 0 aromatic heterocycles. The predicted octanol–water partition coefficient (Wildman–Crippen LogP) is 4.09. The van der Waals surface area contributed by atoms with Crippen LogP contribution in [0.3, 0.4) is 0 Å². The maximum absolute atomic E-state index is 13.4. The Balaban J connectivity index is 2.17. The monoisotopic (exact) mass is 478 g/mol. The van der Waals surface area contributed by atoms with Crippen LogP contribution < -0.4 is 10.6 Å². The van der Waals surface area contributed by atoms with Gasteiger partial charge >= 0.3 is 12.1 Å². The van der Waals surface area contributed by atoms with Crippen LogP contribution in [-0.2, 0) is 25.5 Å². The zero-order valence-electron chi connectivity index (χ0n) is 20.6. The first-order valence-electron chi connectivity index (χ1n) is 11.6. The minimum absolute atomic E-state index is 0.172. The van der Waals surface area contributed by atoms with Gasteiger partial charge < -0.3 is 20.1 Å². The Morgan fingerprint density at radius 2 is 1.88 bits per heavy atom. The summed E-state index contributed by atoms with van der Waals surface area (Å²) in [6.45, 7) is 11.8. The highest BCUT2D eigenvalue weighted by Gasteiger charge is 2.39. The molecule has 1 heterocycles. The first-order valence-corrected chi connectivity index (χ1v) is 12.6. The van der Waals surface area contributed by atoms with Crippen molar-refractivity contribution in [1.82, 2.24) is 10.6 Å². The molecule has 1 aliphatic rings. The predicted molar refractivity (Wildman–Crippen MR) is 131 cm³/mol. The van der Waals surface area contributed by atoms with Crippen LogP contribution in [0.25, 0.3) is 0 Å². The molecule has 8 heteroatoms. The molecule has 1 aromatic carbocycles. The smallest absolute Gasteiger partial charge is 0.407 e. The van der Waals surface area contributed by atoms with Crippen LogP contribution >= 0.6 is 11.8 Å². The third-order valence-corrected chi connectivity index (χ3v) is 7.21. The molecule has 2 unspecified atom stereocenters. The number of hydrogen-bond donors (Lipinski definition) is 2. The molecular formula is C25H38N2O5S. The van der Waals surface area contributed by atoms with E-state index in [1.807, 2.05) is 58.0 Å². The van der Waals surface area contributed by atoms with Gasteiger partial charge in [-0.15, -0.1) is 11.8 Å². The molecular weight excluding hydrogens is 440 g/mol. The Morgan fingerprint density at radius 1 is 1.21 bits per heavy atom. The fourth-order valence-electron chi connectivity index (χ4n) is 3.49. The highest BCUT2D eigenvalue weighted by atomic mass is 32.2. The van der Waals surface area contributed by atoms with E-state index in [0.29, 0.717) is 25.2 Å². The van der Waals surface area contributed by atoms with Crippen molar-refractivity contribution in [2.75, 3.05) is 12.4 Å². The Bertz CT molecular complexity index is 811. The molecule has 1 aliphatic heterocycles. The summed E-state index contributed by atoms with van der Waals surface area (Å²) in [5.41, 5.74) is 0.436. The maximum Gasteiger partial charge on any atom is 0.407 e. The topological polar surface area (TPSA) is 93.7 Å². The Hall–Kier alpha value is -2.22. The van der Waals surface area contributed by atoms with E-state index in [1.54, 1.807) is 0 Å². The number of ether oxygens (including phenoxy) is 2. The minimum atomic E-state index is -0.842. The van der Waals surface area contributed by atoms with Gasteiger partial charge in [0.25, 0.3) is 0 Å². The molecule has 184 valence electrons. The van der Waals surface area contributed by atoms with Crippen LogP contribution in [0.2, 0.25) is 0 Å². The summed E-state index contributed by atoms with van der Waals surface area (Å²) in [4.78, 5) is 37.7. The third kappa shape index (κ3) is 8.57. The Morgan fingerprint density at radius 3 is 2.42 bits per heavy atom. The lowest BCUT2D eigenvalue weighted by Crippen LogP contribution is -2.51. The van der Waals surface area contributed by atoms with Gasteiger partial charge in [0.05, 0.1) is 11.4 Å². The molecule has 4 atom stereocenters. The number of carbonyl (C=O) groups excluding carboxylic acids is 3. The standard InChI is InChI=1S/C25H38N2O5S/c1-7-17(2)20(27-23(30)32-24(3,4)5)16-33-25(6,15-18-11-9-8-10-12-18)22(29)26-19-13-14-31-21(19)28/h8-12,17,19-20H,7,13-16H2,1-6H3,(H,26,29)(H,27,30)/t17-,19-,20?,25?/m0/s1. The summed E-state index contributed by atoms with van der Waals surface area (Å²) >= 11 is 1.49. The van der Waals surface area contributed by atoms with Crippen molar-refractivity contribution in [3.63, 3.8) is 0 Å². The first-order chi connectivity index (χ1) is 15.4. The largest absolute Gasteiger partial charge is 0.464 e. The molecule has 1 saturated heterocycles. The highest BCUT2D eigenvalue weighted by Crippen LogP contribution is 2.32. The van der Waals surface area contributed by atoms with Crippen molar-refractivity contribution in [2.45, 2.75) is 83.2 Å². The molecule has 7 nitrogen and oxygen atoms in total. The second-order valence-corrected chi connectivity index (χ2v) is 11.3. The Labute approximate surface area is 201 Å². The van der Waals surface area contributed by atoms with Crippen molar-refractivity contribution >= 4 is 29.7 Å². The molecule has 33 heavy (non-hydrogen) atoms. The molecule has 0 aliphatic carbocycles. The number of hydrogen-bond acceptors (Lipinski definition) is 6. The number of cyclic esters (lactones) is 1. The number of amides is 2. The number of nitrogens with one attached hydrogen (secondary N) is 2. The van der Waals surface area contributed by atoms with Crippen molar-refractivity contribution in [1.29, 1.82) is 0 Å². The average Bonchev–Trinajstić information content (AvgIpc) is 3.14. The van der Waals surface area contributed by atoms with Crippen molar-refractivity contribution in [3.8, 4) is 0 Å². The van der Waals surface area contributed by atoms with Crippen LogP contribution in [0.5, 0.6) is 0 Å². The van der Waals surface area contributed by atoms with Crippen LogP contribution in [0, 0.1) is 5.92 Å². The van der Waals surface area contributed by atoms with Gasteiger partial charge in [-0.2, -0.15) is 0 Å². The number of carbonyl (C=O) groups is 3. The van der Waals surface area contributed by atoms with Gasteiger partial charge in [-0.25, -0.2) is 9.59 Å². The van der Waals surface area contributed by atoms with Gasteiger partial charge in [-0.05, 0) is 45.6 Å². The van der Waals surface area contributed by atoms with Gasteiger partial charge in [0.1, 0.15) is 11.6 Å². The molecule has 2 rings (SSSR count). The highest BCUT2D eigenvalue weighted by molar-refractivity contribution is 8.01. The van der Waals surface area contributed by atoms with Crippen molar-refractivity contribution in [3.05, 3.63) is 35.9 Å². The van der Waals surface area contributed by atoms with Crippen molar-refractivity contribution in [2.24, 2.45) is 5.92 Å². The van der Waals surface area contributed by atoms with E-state index in [1.165, 1.54) is 11.8 Å². The lowest BCUT2D eigenvalue weighted by Gasteiger charge is -2.32. The van der Waals surface area contributed by atoms with E-state index < -0.39 is 22.5 Å². The van der Waals surface area contributed by atoms with Gasteiger partial charge in [-0.3, -0.25) is 4.79 Å². The van der Waals surface area contributed by atoms with Crippen LogP contribution in [-0.4, -0.2) is 52.8 Å². The normalized spacial score (nSPS) is 19.7. The summed E-state index contributed by atoms with van der Waals surface area (Å²) < 4.78 is 9.61. The van der Waals surface area contributed by atoms with Gasteiger partial charge in [-0.1, -0.05) is 50.6 Å². The lowest BCUT2D eigenvalue weighted by molar-refractivity contribution is -0.141. The first kappa shape index (κ1) is 27.0. The summed E-state index contributed by atoms with van der Waals surface area (Å²) in [6, 6.07) is 9.01.